The molecule has 0 aliphatic heterocycles. The second-order valence-corrected chi connectivity index (χ2v) is 4.66. The zero-order valence-corrected chi connectivity index (χ0v) is 10.7. The maximum atomic E-state index is 6.30. The summed E-state index contributed by atoms with van der Waals surface area (Å²) in [6, 6.07) is 4.04. The highest BCUT2D eigenvalue weighted by molar-refractivity contribution is 6.36. The monoisotopic (exact) mass is 236 g/mol. The molecule has 0 unspecified atom stereocenters. The summed E-state index contributed by atoms with van der Waals surface area (Å²) in [4.78, 5) is 0. The molecule has 0 spiro atoms. The SMILES string of the molecule is Cc1ccc(Cl)c2c(CCN)c(C)n(C)c12. The Morgan fingerprint density at radius 2 is 2.00 bits per heavy atom. The lowest BCUT2D eigenvalue weighted by Crippen LogP contribution is -2.04. The zero-order chi connectivity index (χ0) is 11.9. The zero-order valence-electron chi connectivity index (χ0n) is 9.97. The lowest BCUT2D eigenvalue weighted by atomic mass is 10.1. The molecule has 0 atom stereocenters. The minimum atomic E-state index is 0.657. The molecule has 0 amide bonds. The summed E-state index contributed by atoms with van der Waals surface area (Å²) in [5.74, 6) is 0. The molecule has 0 saturated carbocycles. The quantitative estimate of drug-likeness (QED) is 0.854. The lowest BCUT2D eigenvalue weighted by Gasteiger charge is -2.03. The predicted molar refractivity (Wildman–Crippen MR) is 70.2 cm³/mol. The molecule has 86 valence electrons. The number of halogens is 1. The Morgan fingerprint density at radius 3 is 2.62 bits per heavy atom. The van der Waals surface area contributed by atoms with E-state index in [1.165, 1.54) is 27.7 Å². The van der Waals surface area contributed by atoms with Crippen LogP contribution in [-0.4, -0.2) is 11.1 Å². The van der Waals surface area contributed by atoms with Crippen LogP contribution in [0.5, 0.6) is 0 Å². The average molecular weight is 237 g/mol. The molecule has 16 heavy (non-hydrogen) atoms. The van der Waals surface area contributed by atoms with Gasteiger partial charge in [-0.2, -0.15) is 0 Å². The number of aryl methyl sites for hydroxylation is 2. The van der Waals surface area contributed by atoms with Crippen LogP contribution < -0.4 is 5.73 Å². The second-order valence-electron chi connectivity index (χ2n) is 4.25. The molecule has 3 heteroatoms. The Kier molecular flexibility index (Phi) is 2.96. The van der Waals surface area contributed by atoms with Crippen molar-refractivity contribution in [2.24, 2.45) is 12.8 Å². The van der Waals surface area contributed by atoms with Crippen molar-refractivity contribution in [3.63, 3.8) is 0 Å². The van der Waals surface area contributed by atoms with Gasteiger partial charge in [0, 0.05) is 18.1 Å². The third-order valence-corrected chi connectivity index (χ3v) is 3.62. The third-order valence-electron chi connectivity index (χ3n) is 3.30. The Bertz CT molecular complexity index is 541. The van der Waals surface area contributed by atoms with Gasteiger partial charge in [-0.15, -0.1) is 0 Å². The molecule has 2 rings (SSSR count). The van der Waals surface area contributed by atoms with Gasteiger partial charge in [0.2, 0.25) is 0 Å². The van der Waals surface area contributed by atoms with Gasteiger partial charge in [0.25, 0.3) is 0 Å². The van der Waals surface area contributed by atoms with E-state index in [0.717, 1.165) is 11.4 Å². The molecule has 0 bridgehead atoms. The fourth-order valence-corrected chi connectivity index (χ4v) is 2.66. The number of fused-ring (bicyclic) bond motifs is 1. The molecular formula is C13H17ClN2. The minimum Gasteiger partial charge on any atom is -0.347 e. The smallest absolute Gasteiger partial charge is 0.0527 e. The van der Waals surface area contributed by atoms with E-state index in [-0.39, 0.29) is 0 Å². The van der Waals surface area contributed by atoms with Gasteiger partial charge >= 0.3 is 0 Å². The Hall–Kier alpha value is -0.990. The maximum Gasteiger partial charge on any atom is 0.0527 e. The van der Waals surface area contributed by atoms with Crippen molar-refractivity contribution >= 4 is 22.5 Å². The molecular weight excluding hydrogens is 220 g/mol. The fraction of sp³-hybridized carbons (Fsp3) is 0.385. The van der Waals surface area contributed by atoms with Crippen LogP contribution >= 0.6 is 11.6 Å². The van der Waals surface area contributed by atoms with Crippen LogP contribution in [0.2, 0.25) is 5.02 Å². The highest BCUT2D eigenvalue weighted by Crippen LogP contribution is 2.33. The predicted octanol–water partition coefficient (Wildman–Crippen LogP) is 2.95. The molecule has 0 saturated heterocycles. The molecule has 1 aromatic heterocycles. The molecule has 1 aromatic carbocycles. The number of rotatable bonds is 2. The maximum absolute atomic E-state index is 6.30. The lowest BCUT2D eigenvalue weighted by molar-refractivity contribution is 0.880. The first-order valence-electron chi connectivity index (χ1n) is 5.51. The van der Waals surface area contributed by atoms with Crippen molar-refractivity contribution in [3.8, 4) is 0 Å². The van der Waals surface area contributed by atoms with Crippen LogP contribution in [0.15, 0.2) is 12.1 Å². The van der Waals surface area contributed by atoms with E-state index in [1.807, 2.05) is 6.07 Å². The topological polar surface area (TPSA) is 30.9 Å². The van der Waals surface area contributed by atoms with Crippen molar-refractivity contribution < 1.29 is 0 Å². The van der Waals surface area contributed by atoms with Crippen LogP contribution in [0.1, 0.15) is 16.8 Å². The minimum absolute atomic E-state index is 0.657. The van der Waals surface area contributed by atoms with E-state index < -0.39 is 0 Å². The molecule has 0 radical (unpaired) electrons. The first kappa shape index (κ1) is 11.5. The fourth-order valence-electron chi connectivity index (χ4n) is 2.39. The second kappa shape index (κ2) is 4.11. The molecule has 1 heterocycles. The highest BCUT2D eigenvalue weighted by Gasteiger charge is 2.15. The van der Waals surface area contributed by atoms with E-state index in [2.05, 4.69) is 31.5 Å². The summed E-state index contributed by atoms with van der Waals surface area (Å²) >= 11 is 6.30. The van der Waals surface area contributed by atoms with Gasteiger partial charge in [0.1, 0.15) is 0 Å². The number of hydrogen-bond acceptors (Lipinski definition) is 1. The Labute approximate surface area is 101 Å². The van der Waals surface area contributed by atoms with Gasteiger partial charge in [-0.25, -0.2) is 0 Å². The van der Waals surface area contributed by atoms with Gasteiger partial charge in [-0.1, -0.05) is 17.7 Å². The van der Waals surface area contributed by atoms with E-state index in [9.17, 15) is 0 Å². The van der Waals surface area contributed by atoms with Crippen molar-refractivity contribution in [1.82, 2.24) is 4.57 Å². The van der Waals surface area contributed by atoms with Gasteiger partial charge in [-0.05, 0) is 44.0 Å². The number of nitrogens with zero attached hydrogens (tertiary/aromatic N) is 1. The highest BCUT2D eigenvalue weighted by atomic mass is 35.5. The number of benzene rings is 1. The summed E-state index contributed by atoms with van der Waals surface area (Å²) in [6.07, 6.45) is 0.881. The van der Waals surface area contributed by atoms with E-state index in [4.69, 9.17) is 17.3 Å². The normalized spacial score (nSPS) is 11.3. The van der Waals surface area contributed by atoms with Crippen molar-refractivity contribution in [1.29, 1.82) is 0 Å². The van der Waals surface area contributed by atoms with Gasteiger partial charge in [0.15, 0.2) is 0 Å². The van der Waals surface area contributed by atoms with E-state index >= 15 is 0 Å². The largest absolute Gasteiger partial charge is 0.347 e. The molecule has 2 aromatic rings. The van der Waals surface area contributed by atoms with E-state index in [0.29, 0.717) is 6.54 Å². The Morgan fingerprint density at radius 1 is 1.31 bits per heavy atom. The Balaban J connectivity index is 2.90. The van der Waals surface area contributed by atoms with Gasteiger partial charge in [0.05, 0.1) is 10.5 Å². The summed E-state index contributed by atoms with van der Waals surface area (Å²) in [6.45, 7) is 4.90. The van der Waals surface area contributed by atoms with Crippen molar-refractivity contribution in [2.45, 2.75) is 20.3 Å². The van der Waals surface area contributed by atoms with Crippen LogP contribution in [0.3, 0.4) is 0 Å². The summed E-state index contributed by atoms with van der Waals surface area (Å²) in [5, 5.41) is 2.00. The van der Waals surface area contributed by atoms with Gasteiger partial charge in [-0.3, -0.25) is 0 Å². The first-order valence-corrected chi connectivity index (χ1v) is 5.88. The van der Waals surface area contributed by atoms with Crippen LogP contribution in [0, 0.1) is 13.8 Å². The number of nitrogens with two attached hydrogens (primary N) is 1. The first-order chi connectivity index (χ1) is 7.57. The van der Waals surface area contributed by atoms with Crippen LogP contribution in [0.25, 0.3) is 10.9 Å². The van der Waals surface area contributed by atoms with Crippen molar-refractivity contribution in [2.75, 3.05) is 6.54 Å². The molecule has 0 fully saturated rings. The molecule has 0 aliphatic carbocycles. The van der Waals surface area contributed by atoms with Gasteiger partial charge < -0.3 is 10.3 Å². The molecule has 0 aliphatic rings. The number of aromatic nitrogens is 1. The summed E-state index contributed by atoms with van der Waals surface area (Å²) < 4.78 is 2.21. The van der Waals surface area contributed by atoms with Crippen molar-refractivity contribution in [3.05, 3.63) is 34.0 Å². The molecule has 2 N–H and O–H groups in total. The number of hydrogen-bond donors (Lipinski definition) is 1. The summed E-state index contributed by atoms with van der Waals surface area (Å²) in [7, 11) is 2.08. The molecule has 2 nitrogen and oxygen atoms in total. The van der Waals surface area contributed by atoms with Crippen LogP contribution in [-0.2, 0) is 13.5 Å². The summed E-state index contributed by atoms with van der Waals surface area (Å²) in [5.41, 5.74) is 10.7. The third kappa shape index (κ3) is 1.53. The van der Waals surface area contributed by atoms with Crippen LogP contribution in [0.4, 0.5) is 0 Å². The standard InChI is InChI=1S/C13H17ClN2/c1-8-4-5-11(14)12-10(6-7-15)9(2)16(3)13(8)12/h4-5H,6-7,15H2,1-3H3. The van der Waals surface area contributed by atoms with E-state index in [1.54, 1.807) is 0 Å². The average Bonchev–Trinajstić information content (AvgIpc) is 2.50.